The highest BCUT2D eigenvalue weighted by Crippen LogP contribution is 2.21. The highest BCUT2D eigenvalue weighted by atomic mass is 16.5. The van der Waals surface area contributed by atoms with Gasteiger partial charge in [-0.15, -0.1) is 0 Å². The van der Waals surface area contributed by atoms with Gasteiger partial charge in [0.15, 0.2) is 0 Å². The van der Waals surface area contributed by atoms with Crippen molar-refractivity contribution >= 4 is 0 Å². The number of nitrogens with one attached hydrogen (secondary N) is 1. The monoisotopic (exact) mass is 247 g/mol. The van der Waals surface area contributed by atoms with E-state index in [4.69, 9.17) is 4.74 Å². The lowest BCUT2D eigenvalue weighted by molar-refractivity contribution is 0.216. The Morgan fingerprint density at radius 3 is 2.33 bits per heavy atom. The Labute approximate surface area is 111 Å². The molecule has 0 aliphatic carbocycles. The van der Waals surface area contributed by atoms with Crippen LogP contribution >= 0.6 is 0 Å². The lowest BCUT2D eigenvalue weighted by Crippen LogP contribution is -2.19. The third-order valence-electron chi connectivity index (χ3n) is 2.78. The van der Waals surface area contributed by atoms with Crippen LogP contribution in [-0.4, -0.2) is 13.2 Å². The van der Waals surface area contributed by atoms with Crippen LogP contribution in [0.3, 0.4) is 0 Å². The van der Waals surface area contributed by atoms with Gasteiger partial charge in [0.1, 0.15) is 6.61 Å². The second-order valence-corrected chi connectivity index (χ2v) is 5.67. The molecule has 1 aromatic rings. The molecule has 1 aromatic carbocycles. The maximum Gasteiger partial charge on any atom is 0.100 e. The Morgan fingerprint density at radius 1 is 1.22 bits per heavy atom. The Bertz CT molecular complexity index is 373. The Balaban J connectivity index is 2.33. The summed E-state index contributed by atoms with van der Waals surface area (Å²) in [6.45, 7) is 14.7. The Hall–Kier alpha value is -1.28. The summed E-state index contributed by atoms with van der Waals surface area (Å²) in [5.41, 5.74) is 2.90. The van der Waals surface area contributed by atoms with E-state index < -0.39 is 0 Å². The van der Waals surface area contributed by atoms with E-state index in [-0.39, 0.29) is 5.41 Å². The molecule has 0 aromatic heterocycles. The summed E-state index contributed by atoms with van der Waals surface area (Å²) in [6.07, 6.45) is 0. The van der Waals surface area contributed by atoms with Crippen LogP contribution in [0.25, 0.3) is 0 Å². The van der Waals surface area contributed by atoms with Crippen LogP contribution in [0.1, 0.15) is 38.8 Å². The van der Waals surface area contributed by atoms with Crippen LogP contribution in [0.5, 0.6) is 0 Å². The highest BCUT2D eigenvalue weighted by molar-refractivity contribution is 5.27. The summed E-state index contributed by atoms with van der Waals surface area (Å²) in [5.74, 6) is 0.770. The molecule has 0 heterocycles. The largest absolute Gasteiger partial charge is 0.498 e. The number of rotatable bonds is 6. The number of allylic oxidation sites excluding steroid dienone is 1. The topological polar surface area (TPSA) is 21.3 Å². The zero-order chi connectivity index (χ0) is 13.6. The molecule has 100 valence electrons. The SMILES string of the molecule is C=C(C)OCCNCc1ccc(C(C)(C)C)cc1. The second-order valence-electron chi connectivity index (χ2n) is 5.67. The van der Waals surface area contributed by atoms with Crippen molar-refractivity contribution in [3.8, 4) is 0 Å². The van der Waals surface area contributed by atoms with Gasteiger partial charge in [0.25, 0.3) is 0 Å². The first-order chi connectivity index (χ1) is 8.39. The molecule has 2 nitrogen and oxygen atoms in total. The van der Waals surface area contributed by atoms with Crippen LogP contribution in [-0.2, 0) is 16.7 Å². The first-order valence-corrected chi connectivity index (χ1v) is 6.48. The molecule has 0 saturated carbocycles. The molecule has 2 heteroatoms. The van der Waals surface area contributed by atoms with Crippen LogP contribution in [0.4, 0.5) is 0 Å². The van der Waals surface area contributed by atoms with Gasteiger partial charge in [-0.05, 0) is 23.5 Å². The molecular weight excluding hydrogens is 222 g/mol. The molecule has 0 unspecified atom stereocenters. The maximum absolute atomic E-state index is 5.29. The van der Waals surface area contributed by atoms with Gasteiger partial charge in [-0.1, -0.05) is 51.6 Å². The van der Waals surface area contributed by atoms with E-state index in [0.717, 1.165) is 18.8 Å². The van der Waals surface area contributed by atoms with Crippen molar-refractivity contribution in [3.63, 3.8) is 0 Å². The smallest absolute Gasteiger partial charge is 0.100 e. The first-order valence-electron chi connectivity index (χ1n) is 6.48. The molecule has 0 spiro atoms. The van der Waals surface area contributed by atoms with Gasteiger partial charge in [-0.3, -0.25) is 0 Å². The van der Waals surface area contributed by atoms with E-state index in [2.05, 4.69) is 56.9 Å². The van der Waals surface area contributed by atoms with Gasteiger partial charge in [0, 0.05) is 13.1 Å². The van der Waals surface area contributed by atoms with Crippen molar-refractivity contribution in [2.45, 2.75) is 39.7 Å². The van der Waals surface area contributed by atoms with Crippen LogP contribution in [0.15, 0.2) is 36.6 Å². The normalized spacial score (nSPS) is 11.3. The van der Waals surface area contributed by atoms with E-state index in [1.54, 1.807) is 0 Å². The average Bonchev–Trinajstić information content (AvgIpc) is 2.27. The van der Waals surface area contributed by atoms with E-state index in [0.29, 0.717) is 6.61 Å². The van der Waals surface area contributed by atoms with Crippen LogP contribution < -0.4 is 5.32 Å². The summed E-state index contributed by atoms with van der Waals surface area (Å²) < 4.78 is 5.29. The minimum Gasteiger partial charge on any atom is -0.498 e. The van der Waals surface area contributed by atoms with E-state index in [1.807, 2.05) is 6.92 Å². The standard InChI is InChI=1S/C16H25NO/c1-13(2)18-11-10-17-12-14-6-8-15(9-7-14)16(3,4)5/h6-9,17H,1,10-12H2,2-5H3. The van der Waals surface area contributed by atoms with Crippen LogP contribution in [0, 0.1) is 0 Å². The Kier molecular flexibility index (Phi) is 5.42. The van der Waals surface area contributed by atoms with Crippen molar-refractivity contribution < 1.29 is 4.74 Å². The summed E-state index contributed by atoms with van der Waals surface area (Å²) in [4.78, 5) is 0. The summed E-state index contributed by atoms with van der Waals surface area (Å²) in [6, 6.07) is 8.79. The van der Waals surface area contributed by atoms with Crippen molar-refractivity contribution in [1.29, 1.82) is 0 Å². The zero-order valence-electron chi connectivity index (χ0n) is 12.0. The Morgan fingerprint density at radius 2 is 1.83 bits per heavy atom. The molecule has 0 aliphatic heterocycles. The fourth-order valence-electron chi connectivity index (χ4n) is 1.65. The minimum atomic E-state index is 0.223. The molecule has 0 amide bonds. The average molecular weight is 247 g/mol. The molecule has 1 N–H and O–H groups in total. The molecule has 0 bridgehead atoms. The molecule has 0 radical (unpaired) electrons. The number of hydrogen-bond donors (Lipinski definition) is 1. The lowest BCUT2D eigenvalue weighted by atomic mass is 9.87. The predicted octanol–water partition coefficient (Wildman–Crippen LogP) is 3.62. The molecule has 0 aliphatic rings. The third kappa shape index (κ3) is 5.37. The van der Waals surface area contributed by atoms with Gasteiger partial charge < -0.3 is 10.1 Å². The van der Waals surface area contributed by atoms with E-state index in [1.165, 1.54) is 11.1 Å². The molecule has 18 heavy (non-hydrogen) atoms. The summed E-state index contributed by atoms with van der Waals surface area (Å²) in [7, 11) is 0. The van der Waals surface area contributed by atoms with Crippen molar-refractivity contribution in [3.05, 3.63) is 47.7 Å². The van der Waals surface area contributed by atoms with Crippen molar-refractivity contribution in [2.75, 3.05) is 13.2 Å². The first kappa shape index (κ1) is 14.8. The van der Waals surface area contributed by atoms with E-state index in [9.17, 15) is 0 Å². The lowest BCUT2D eigenvalue weighted by Gasteiger charge is -2.19. The van der Waals surface area contributed by atoms with Crippen molar-refractivity contribution in [2.24, 2.45) is 0 Å². The second kappa shape index (κ2) is 6.60. The van der Waals surface area contributed by atoms with Gasteiger partial charge in [0.2, 0.25) is 0 Å². The van der Waals surface area contributed by atoms with E-state index >= 15 is 0 Å². The molecular formula is C16H25NO. The fraction of sp³-hybridized carbons (Fsp3) is 0.500. The van der Waals surface area contributed by atoms with Gasteiger partial charge >= 0.3 is 0 Å². The highest BCUT2D eigenvalue weighted by Gasteiger charge is 2.12. The maximum atomic E-state index is 5.29. The van der Waals surface area contributed by atoms with Crippen LogP contribution in [0.2, 0.25) is 0 Å². The quantitative estimate of drug-likeness (QED) is 0.612. The summed E-state index contributed by atoms with van der Waals surface area (Å²) >= 11 is 0. The summed E-state index contributed by atoms with van der Waals surface area (Å²) in [5, 5.41) is 3.35. The zero-order valence-corrected chi connectivity index (χ0v) is 12.0. The minimum absolute atomic E-state index is 0.223. The molecule has 0 fully saturated rings. The molecule has 1 rings (SSSR count). The molecule has 0 atom stereocenters. The molecule has 0 saturated heterocycles. The van der Waals surface area contributed by atoms with Crippen molar-refractivity contribution in [1.82, 2.24) is 5.32 Å². The van der Waals surface area contributed by atoms with Gasteiger partial charge in [-0.2, -0.15) is 0 Å². The number of ether oxygens (including phenoxy) is 1. The predicted molar refractivity (Wildman–Crippen MR) is 77.6 cm³/mol. The number of benzene rings is 1. The number of hydrogen-bond acceptors (Lipinski definition) is 2. The van der Waals surface area contributed by atoms with Gasteiger partial charge in [-0.25, -0.2) is 0 Å². The van der Waals surface area contributed by atoms with Gasteiger partial charge in [0.05, 0.1) is 5.76 Å². The fourth-order valence-corrected chi connectivity index (χ4v) is 1.65. The third-order valence-corrected chi connectivity index (χ3v) is 2.78.